The molecule has 0 aliphatic carbocycles. The van der Waals surface area contributed by atoms with Crippen molar-refractivity contribution >= 4 is 131 Å². The number of hydrogen-bond donors (Lipinski definition) is 0. The van der Waals surface area contributed by atoms with Gasteiger partial charge in [0.2, 0.25) is 0 Å². The Kier molecular flexibility index (Phi) is 18.5. The predicted octanol–water partition coefficient (Wildman–Crippen LogP) is 27.6. The van der Waals surface area contributed by atoms with E-state index in [1.165, 1.54) is 76.1 Å². The fraction of sp³-hybridized carbons (Fsp3) is 0. The molecule has 0 atom stereocenters. The van der Waals surface area contributed by atoms with Crippen molar-refractivity contribution in [2.24, 2.45) is 0 Å². The first-order valence-electron chi connectivity index (χ1n) is 44.0. The lowest BCUT2D eigenvalue weighted by molar-refractivity contribution is 1.06. The van der Waals surface area contributed by atoms with E-state index in [2.05, 4.69) is 346 Å². The molecule has 16 nitrogen and oxygen atoms in total. The molecule has 11 aromatic heterocycles. The molecule has 0 unspecified atom stereocenters. The Morgan fingerprint density at radius 1 is 0.174 bits per heavy atom. The van der Waals surface area contributed by atoms with Crippen LogP contribution in [0.5, 0.6) is 0 Å². The van der Waals surface area contributed by atoms with Gasteiger partial charge in [0.15, 0.2) is 34.9 Å². The van der Waals surface area contributed by atoms with Crippen molar-refractivity contribution in [1.82, 2.24) is 77.2 Å². The van der Waals surface area contributed by atoms with E-state index in [4.69, 9.17) is 34.9 Å². The summed E-state index contributed by atoms with van der Waals surface area (Å²) >= 11 is 0. The SMILES string of the molecule is c1ccc(-c2nc(-c3ccccc3)nc(-c3nc(-c4ccc(-n5c6ccccc6c6cc7ccn(-c8ccccc8)c7cc65)cc4)nc4ccccc34)n2)cc1.c1ccc(-n2ccc3cc4c5ccccc5n(-c5cccc(-c6ncc7ccccc7n6)c5)c4cc32)cc1.c1ccc(-n2ccc3cc4c5ccccc5n(-c5cccc(-c6ncc7cnccc7n6)c5)c4cc32)cc1. The Hall–Kier alpha value is -18.3. The lowest BCUT2D eigenvalue weighted by Crippen LogP contribution is -2.03. The average molecular weight is 1690 g/mol. The predicted molar refractivity (Wildman–Crippen MR) is 536 cm³/mol. The molecule has 16 aromatic carbocycles. The van der Waals surface area contributed by atoms with Crippen molar-refractivity contribution in [1.29, 1.82) is 0 Å². The molecule has 0 amide bonds. The maximum absolute atomic E-state index is 5.20. The van der Waals surface area contributed by atoms with Crippen molar-refractivity contribution < 1.29 is 0 Å². The Morgan fingerprint density at radius 3 is 1.01 bits per heavy atom. The van der Waals surface area contributed by atoms with E-state index in [0.717, 1.165) is 123 Å². The van der Waals surface area contributed by atoms with Gasteiger partial charge in [-0.1, -0.05) is 231 Å². The fourth-order valence-corrected chi connectivity index (χ4v) is 18.8. The Morgan fingerprint density at radius 2 is 0.530 bits per heavy atom. The Labute approximate surface area is 755 Å². The van der Waals surface area contributed by atoms with Crippen molar-refractivity contribution in [3.63, 3.8) is 0 Å². The average Bonchev–Trinajstić information content (AvgIpc) is 1.58. The van der Waals surface area contributed by atoms with Crippen molar-refractivity contribution in [3.05, 3.63) is 450 Å². The molecule has 11 heterocycles. The molecule has 0 aliphatic heterocycles. The maximum atomic E-state index is 5.20. The van der Waals surface area contributed by atoms with Crippen LogP contribution in [0.1, 0.15) is 0 Å². The van der Waals surface area contributed by atoms with Crippen LogP contribution in [0.25, 0.3) is 233 Å². The fourth-order valence-electron chi connectivity index (χ4n) is 18.8. The zero-order valence-electron chi connectivity index (χ0n) is 70.9. The maximum Gasteiger partial charge on any atom is 0.183 e. The van der Waals surface area contributed by atoms with Crippen molar-refractivity contribution in [3.8, 4) is 103 Å². The van der Waals surface area contributed by atoms with E-state index >= 15 is 0 Å². The number of para-hydroxylation sites is 8. The van der Waals surface area contributed by atoms with Gasteiger partial charge in [0, 0.05) is 170 Å². The zero-order valence-corrected chi connectivity index (χ0v) is 70.9. The summed E-state index contributed by atoms with van der Waals surface area (Å²) in [4.78, 5) is 48.3. The summed E-state index contributed by atoms with van der Waals surface area (Å²) in [5.41, 5.74) is 25.1. The quantitative estimate of drug-likeness (QED) is 0.115. The third-order valence-electron chi connectivity index (χ3n) is 25.0. The molecule has 0 bridgehead atoms. The molecule has 0 aliphatic rings. The van der Waals surface area contributed by atoms with Gasteiger partial charge >= 0.3 is 0 Å². The Balaban J connectivity index is 0.000000110. The van der Waals surface area contributed by atoms with Crippen LogP contribution in [-0.4, -0.2) is 77.2 Å². The second kappa shape index (κ2) is 32.0. The van der Waals surface area contributed by atoms with Gasteiger partial charge < -0.3 is 27.4 Å². The first-order chi connectivity index (χ1) is 65.4. The van der Waals surface area contributed by atoms with Gasteiger partial charge in [-0.2, -0.15) is 0 Å². The summed E-state index contributed by atoms with van der Waals surface area (Å²) in [5, 5.41) is 13.9. The third-order valence-corrected chi connectivity index (χ3v) is 25.0. The van der Waals surface area contributed by atoms with Gasteiger partial charge in [0.1, 0.15) is 5.69 Å². The van der Waals surface area contributed by atoms with Gasteiger partial charge in [-0.15, -0.1) is 0 Å². The third kappa shape index (κ3) is 13.5. The van der Waals surface area contributed by atoms with Crippen LogP contribution in [0.4, 0.5) is 0 Å². The standard InChI is InChI=1S/C49H31N7.C34H22N4.C33H21N5/c1-4-14-32(15-5-1)47-52-48(33-16-6-2-7-17-33)54-49(53-47)45-39-21-10-12-22-41(39)50-46(51-45)34-24-26-37(27-25-34)56-42-23-13-11-20-38(42)40-30-35-28-29-55(43(35)31-44(40)56)36-18-8-3-9-19-36;1-2-11-26(12-3-1)37-18-17-23-20-29-28-14-5-7-16-31(28)38(33(29)21-32(23)37)27-13-8-10-24(19-27)34-35-22-25-9-4-6-15-30(25)36-34;1-2-8-25(9-3-1)37-16-14-22-18-28-27-11-4-5-12-30(27)38(32(28)19-31(22)37)26-10-6-7-23(17-26)33-35-21-24-20-34-15-13-29(24)36-33/h1-31H;1-22H;1-21H. The summed E-state index contributed by atoms with van der Waals surface area (Å²) in [5.74, 6) is 3.69. The van der Waals surface area contributed by atoms with E-state index < -0.39 is 0 Å². The molecule has 0 saturated carbocycles. The largest absolute Gasteiger partial charge is 0.316 e. The molecule has 16 heteroatoms. The minimum Gasteiger partial charge on any atom is -0.316 e. The number of benzene rings is 16. The Bertz CT molecular complexity index is 8790. The van der Waals surface area contributed by atoms with E-state index in [9.17, 15) is 0 Å². The number of nitrogens with zero attached hydrogens (tertiary/aromatic N) is 16. The van der Waals surface area contributed by atoms with Crippen LogP contribution in [0, 0.1) is 0 Å². The molecule has 0 N–H and O–H groups in total. The monoisotopic (exact) mass is 1690 g/mol. The normalized spacial score (nSPS) is 11.6. The van der Waals surface area contributed by atoms with Crippen LogP contribution in [0.3, 0.4) is 0 Å². The van der Waals surface area contributed by atoms with E-state index in [0.29, 0.717) is 34.8 Å². The van der Waals surface area contributed by atoms with Crippen LogP contribution in [0.15, 0.2) is 450 Å². The van der Waals surface area contributed by atoms with Gasteiger partial charge in [-0.3, -0.25) is 4.98 Å². The van der Waals surface area contributed by atoms with E-state index in [1.807, 2.05) is 134 Å². The van der Waals surface area contributed by atoms with Crippen LogP contribution in [0.2, 0.25) is 0 Å². The first-order valence-corrected chi connectivity index (χ1v) is 44.0. The molecule has 0 fully saturated rings. The van der Waals surface area contributed by atoms with Crippen molar-refractivity contribution in [2.45, 2.75) is 0 Å². The lowest BCUT2D eigenvalue weighted by atomic mass is 10.1. The summed E-state index contributed by atoms with van der Waals surface area (Å²) in [6.07, 6.45) is 13.8. The number of aromatic nitrogens is 16. The highest BCUT2D eigenvalue weighted by Crippen LogP contribution is 2.42. The summed E-state index contributed by atoms with van der Waals surface area (Å²) < 4.78 is 13.8. The first kappa shape index (κ1) is 76.2. The minimum atomic E-state index is 0.492. The van der Waals surface area contributed by atoms with Crippen LogP contribution in [-0.2, 0) is 0 Å². The molecule has 618 valence electrons. The summed E-state index contributed by atoms with van der Waals surface area (Å²) in [6, 6.07) is 141. The molecular weight excluding hydrogens is 1620 g/mol. The molecule has 0 saturated heterocycles. The second-order valence-corrected chi connectivity index (χ2v) is 32.9. The smallest absolute Gasteiger partial charge is 0.183 e. The zero-order chi connectivity index (χ0) is 87.1. The molecule has 27 aromatic rings. The van der Waals surface area contributed by atoms with Gasteiger partial charge in [-0.25, -0.2) is 44.9 Å². The number of rotatable bonds is 12. The van der Waals surface area contributed by atoms with Crippen LogP contribution < -0.4 is 0 Å². The molecular formula is C116H74N16. The molecule has 0 spiro atoms. The number of hydrogen-bond acceptors (Lipinski definition) is 10. The molecule has 132 heavy (non-hydrogen) atoms. The number of pyridine rings is 1. The molecule has 27 rings (SSSR count). The highest BCUT2D eigenvalue weighted by atomic mass is 15.1. The lowest BCUT2D eigenvalue weighted by Gasteiger charge is -2.12. The number of fused-ring (bicyclic) bond motifs is 15. The van der Waals surface area contributed by atoms with Gasteiger partial charge in [0.05, 0.1) is 66.2 Å². The summed E-state index contributed by atoms with van der Waals surface area (Å²) in [7, 11) is 0. The summed E-state index contributed by atoms with van der Waals surface area (Å²) in [6.45, 7) is 0. The minimum absolute atomic E-state index is 0.492. The van der Waals surface area contributed by atoms with E-state index in [1.54, 1.807) is 12.4 Å². The molecule has 0 radical (unpaired) electrons. The van der Waals surface area contributed by atoms with E-state index in [-0.39, 0.29) is 0 Å². The van der Waals surface area contributed by atoms with Crippen LogP contribution >= 0.6 is 0 Å². The van der Waals surface area contributed by atoms with Crippen molar-refractivity contribution in [2.75, 3.05) is 0 Å². The second-order valence-electron chi connectivity index (χ2n) is 32.9. The topological polar surface area (TPSA) is 158 Å². The highest BCUT2D eigenvalue weighted by Gasteiger charge is 2.24. The van der Waals surface area contributed by atoms with Gasteiger partial charge in [0.25, 0.3) is 0 Å². The van der Waals surface area contributed by atoms with Gasteiger partial charge in [-0.05, 0) is 176 Å². The highest BCUT2D eigenvalue weighted by molar-refractivity contribution is 6.16.